The van der Waals surface area contributed by atoms with E-state index in [0.29, 0.717) is 0 Å². The van der Waals surface area contributed by atoms with Crippen molar-refractivity contribution in [2.45, 2.75) is 30.5 Å². The number of benzene rings is 1. The second kappa shape index (κ2) is 8.10. The molecule has 0 saturated heterocycles. The maximum absolute atomic E-state index is 12.8. The van der Waals surface area contributed by atoms with Gasteiger partial charge >= 0.3 is 6.18 Å². The normalized spacial score (nSPS) is 18.9. The van der Waals surface area contributed by atoms with Crippen molar-refractivity contribution in [1.82, 2.24) is 14.3 Å². The average molecular weight is 507 g/mol. The van der Waals surface area contributed by atoms with Crippen LogP contribution < -0.4 is 9.46 Å². The van der Waals surface area contributed by atoms with Crippen LogP contribution in [0.4, 0.5) is 13.2 Å². The van der Waals surface area contributed by atoms with Gasteiger partial charge in [0.25, 0.3) is 15.9 Å². The van der Waals surface area contributed by atoms with Gasteiger partial charge in [-0.2, -0.15) is 13.2 Å². The molecule has 1 saturated carbocycles. The number of nitrogens with one attached hydrogen (secondary N) is 1. The van der Waals surface area contributed by atoms with Gasteiger partial charge in [0.2, 0.25) is 5.28 Å². The number of halogens is 6. The molecule has 2 aromatic rings. The predicted molar refractivity (Wildman–Crippen MR) is 103 cm³/mol. The highest BCUT2D eigenvalue weighted by molar-refractivity contribution is 7.90. The van der Waals surface area contributed by atoms with E-state index in [-0.39, 0.29) is 23.8 Å². The summed E-state index contributed by atoms with van der Waals surface area (Å²) in [6.45, 7) is 1.95. The highest BCUT2D eigenvalue weighted by atomic mass is 35.5. The molecule has 1 fully saturated rings. The molecule has 1 heterocycles. The largest absolute Gasteiger partial charge is 0.494 e. The van der Waals surface area contributed by atoms with E-state index in [1.807, 2.05) is 0 Å². The minimum Gasteiger partial charge on any atom is -0.494 e. The monoisotopic (exact) mass is 505 g/mol. The van der Waals surface area contributed by atoms with Crippen molar-refractivity contribution >= 4 is 50.7 Å². The fourth-order valence-electron chi connectivity index (χ4n) is 2.80. The summed E-state index contributed by atoms with van der Waals surface area (Å²) in [5, 5.41) is -1.14. The summed E-state index contributed by atoms with van der Waals surface area (Å²) in [6, 6.07) is 2.71. The molecule has 0 radical (unpaired) electrons. The second-order valence-corrected chi connectivity index (χ2v) is 9.06. The number of ether oxygens (including phenoxy) is 1. The van der Waals surface area contributed by atoms with E-state index in [2.05, 4.69) is 4.98 Å². The van der Waals surface area contributed by atoms with E-state index in [9.17, 15) is 26.4 Å². The third-order valence-corrected chi connectivity index (χ3v) is 6.70. The van der Waals surface area contributed by atoms with Crippen molar-refractivity contribution in [3.63, 3.8) is 0 Å². The first kappa shape index (κ1) is 23.0. The first-order chi connectivity index (χ1) is 13.9. The molecule has 14 heteroatoms. The van der Waals surface area contributed by atoms with Gasteiger partial charge in [-0.1, -0.05) is 23.2 Å². The molecule has 164 valence electrons. The second-order valence-electron chi connectivity index (χ2n) is 6.30. The molecule has 1 N–H and O–H groups in total. The first-order valence-corrected chi connectivity index (χ1v) is 11.0. The fraction of sp³-hybridized carbons (Fsp3) is 0.375. The standard InChI is InChI=1S/C16H13Cl3F3N3O4S/c1-2-29-7-3-4-9(17)11(5-7)30(27,28)24-14(26)12-13(18)25(15(19)23-12)10-6-8(10)16(20,21)22/h3-5,8,10H,2,6H2,1H3,(H,24,26). The third-order valence-electron chi connectivity index (χ3n) is 4.26. The molecule has 3 rings (SSSR count). The van der Waals surface area contributed by atoms with Crippen LogP contribution in [-0.4, -0.2) is 36.7 Å². The number of carbonyl (C=O) groups excluding carboxylic acids is 1. The van der Waals surface area contributed by atoms with E-state index in [1.54, 1.807) is 11.6 Å². The molecule has 2 unspecified atom stereocenters. The lowest BCUT2D eigenvalue weighted by atomic mass is 10.3. The molecule has 0 spiro atoms. The summed E-state index contributed by atoms with van der Waals surface area (Å²) in [6.07, 6.45) is -4.74. The van der Waals surface area contributed by atoms with E-state index in [4.69, 9.17) is 39.5 Å². The summed E-state index contributed by atoms with van der Waals surface area (Å²) in [4.78, 5) is 15.6. The lowest BCUT2D eigenvalue weighted by Crippen LogP contribution is -2.31. The molecular weight excluding hydrogens is 494 g/mol. The van der Waals surface area contributed by atoms with E-state index < -0.39 is 55.1 Å². The number of amides is 1. The maximum atomic E-state index is 12.8. The minimum absolute atomic E-state index is 0.181. The Hall–Kier alpha value is -1.69. The van der Waals surface area contributed by atoms with E-state index in [0.717, 1.165) is 10.6 Å². The van der Waals surface area contributed by atoms with Crippen LogP contribution in [0.1, 0.15) is 29.9 Å². The number of aromatic nitrogens is 2. The SMILES string of the molecule is CCOc1ccc(Cl)c(S(=O)(=O)NC(=O)c2nc(Cl)n(C3CC3C(F)(F)F)c2Cl)c1. The number of rotatable bonds is 6. The number of hydrogen-bond donors (Lipinski definition) is 1. The van der Waals surface area contributed by atoms with Gasteiger partial charge in [0.1, 0.15) is 15.8 Å². The highest BCUT2D eigenvalue weighted by Crippen LogP contribution is 2.55. The number of hydrogen-bond acceptors (Lipinski definition) is 5. The number of nitrogens with zero attached hydrogens (tertiary/aromatic N) is 2. The molecule has 0 bridgehead atoms. The number of imidazole rings is 1. The number of carbonyl (C=O) groups is 1. The predicted octanol–water partition coefficient (Wildman–Crippen LogP) is 4.48. The molecule has 30 heavy (non-hydrogen) atoms. The number of sulfonamides is 1. The van der Waals surface area contributed by atoms with Gasteiger partial charge in [-0.25, -0.2) is 18.1 Å². The van der Waals surface area contributed by atoms with Crippen LogP contribution in [0.5, 0.6) is 5.75 Å². The summed E-state index contributed by atoms with van der Waals surface area (Å²) < 4.78 is 71.5. The molecule has 1 aromatic carbocycles. The number of alkyl halides is 3. The lowest BCUT2D eigenvalue weighted by molar-refractivity contribution is -0.150. The van der Waals surface area contributed by atoms with Crippen molar-refractivity contribution in [1.29, 1.82) is 0 Å². The quantitative estimate of drug-likeness (QED) is 0.624. The molecule has 7 nitrogen and oxygen atoms in total. The Balaban J connectivity index is 1.87. The van der Waals surface area contributed by atoms with Gasteiger partial charge in [-0.05, 0) is 37.1 Å². The zero-order valence-corrected chi connectivity index (χ0v) is 18.1. The molecule has 2 atom stereocenters. The Bertz CT molecular complexity index is 1110. The molecule has 0 aliphatic heterocycles. The van der Waals surface area contributed by atoms with E-state index in [1.165, 1.54) is 12.1 Å². The van der Waals surface area contributed by atoms with Crippen LogP contribution >= 0.6 is 34.8 Å². The summed E-state index contributed by atoms with van der Waals surface area (Å²) in [7, 11) is -4.48. The Morgan fingerprint density at radius 2 is 2.00 bits per heavy atom. The van der Waals surface area contributed by atoms with Gasteiger partial charge in [0.15, 0.2) is 5.69 Å². The Morgan fingerprint density at radius 1 is 1.33 bits per heavy atom. The highest BCUT2D eigenvalue weighted by Gasteiger charge is 2.58. The lowest BCUT2D eigenvalue weighted by Gasteiger charge is -2.10. The van der Waals surface area contributed by atoms with Crippen molar-refractivity contribution in [2.75, 3.05) is 6.61 Å². The Labute approximate surface area is 184 Å². The van der Waals surface area contributed by atoms with Crippen molar-refractivity contribution in [3.05, 3.63) is 39.4 Å². The van der Waals surface area contributed by atoms with E-state index >= 15 is 0 Å². The smallest absolute Gasteiger partial charge is 0.393 e. The van der Waals surface area contributed by atoms with Crippen LogP contribution in [0.15, 0.2) is 23.1 Å². The molecule has 1 aliphatic rings. The fourth-order valence-corrected chi connectivity index (χ4v) is 4.94. The maximum Gasteiger partial charge on any atom is 0.393 e. The molecule has 1 amide bonds. The van der Waals surface area contributed by atoms with Crippen LogP contribution in [-0.2, 0) is 10.0 Å². The van der Waals surface area contributed by atoms with Crippen molar-refractivity contribution < 1.29 is 31.1 Å². The zero-order valence-electron chi connectivity index (χ0n) is 15.0. The Morgan fingerprint density at radius 3 is 2.57 bits per heavy atom. The van der Waals surface area contributed by atoms with Crippen LogP contribution in [0.2, 0.25) is 15.5 Å². The molecule has 1 aromatic heterocycles. The summed E-state index contributed by atoms with van der Waals surface area (Å²) in [5.74, 6) is -2.75. The van der Waals surface area contributed by atoms with Crippen molar-refractivity contribution in [2.24, 2.45) is 5.92 Å². The molecule has 1 aliphatic carbocycles. The third kappa shape index (κ3) is 4.48. The van der Waals surface area contributed by atoms with Crippen LogP contribution in [0.3, 0.4) is 0 Å². The van der Waals surface area contributed by atoms with Gasteiger partial charge in [-0.3, -0.25) is 4.79 Å². The zero-order chi connectivity index (χ0) is 22.4. The summed E-state index contributed by atoms with van der Waals surface area (Å²) >= 11 is 17.8. The van der Waals surface area contributed by atoms with Crippen LogP contribution in [0.25, 0.3) is 0 Å². The minimum atomic E-state index is -4.48. The topological polar surface area (TPSA) is 90.3 Å². The Kier molecular flexibility index (Phi) is 6.21. The summed E-state index contributed by atoms with van der Waals surface area (Å²) in [5.41, 5.74) is -0.629. The average Bonchev–Trinajstić information content (AvgIpc) is 3.36. The van der Waals surface area contributed by atoms with Gasteiger partial charge in [0.05, 0.1) is 17.5 Å². The van der Waals surface area contributed by atoms with Gasteiger partial charge in [-0.15, -0.1) is 0 Å². The molecular formula is C16H13Cl3F3N3O4S. The van der Waals surface area contributed by atoms with Crippen LogP contribution in [0, 0.1) is 5.92 Å². The van der Waals surface area contributed by atoms with Gasteiger partial charge in [0, 0.05) is 12.1 Å². The van der Waals surface area contributed by atoms with Gasteiger partial charge < -0.3 is 9.30 Å². The van der Waals surface area contributed by atoms with Crippen molar-refractivity contribution in [3.8, 4) is 5.75 Å². The first-order valence-electron chi connectivity index (χ1n) is 8.36.